The minimum Gasteiger partial charge on any atom is -0.286 e. The summed E-state index contributed by atoms with van der Waals surface area (Å²) in [7, 11) is 0. The first-order valence-corrected chi connectivity index (χ1v) is 7.21. The summed E-state index contributed by atoms with van der Waals surface area (Å²) in [6.07, 6.45) is 0. The average molecular weight is 231 g/mol. The van der Waals surface area contributed by atoms with Crippen molar-refractivity contribution in [2.75, 3.05) is 6.67 Å². The Morgan fingerprint density at radius 2 is 1.58 bits per heavy atom. The molecule has 0 fully saturated rings. The maximum absolute atomic E-state index is 5.62. The molecule has 2 nitrogen and oxygen atoms in total. The van der Waals surface area contributed by atoms with E-state index in [1.807, 2.05) is 0 Å². The second-order valence-electron chi connectivity index (χ2n) is 3.25. The fourth-order valence-electron chi connectivity index (χ4n) is 1.10. The Bertz CT molecular complexity index is 112. The van der Waals surface area contributed by atoms with E-state index in [9.17, 15) is 0 Å². The Morgan fingerprint density at radius 3 is 1.83 bits per heavy atom. The predicted molar refractivity (Wildman–Crippen MR) is 58.7 cm³/mol. The number of rotatable bonds is 5. The Labute approximate surface area is 86.0 Å². The quantitative estimate of drug-likeness (QED) is 0.576. The van der Waals surface area contributed by atoms with Crippen molar-refractivity contribution in [1.29, 1.82) is 0 Å². The second kappa shape index (κ2) is 6.39. The van der Waals surface area contributed by atoms with Crippen molar-refractivity contribution in [2.45, 2.75) is 39.8 Å². The normalized spacial score (nSPS) is 12.5. The molecule has 0 heterocycles. The van der Waals surface area contributed by atoms with Crippen LogP contribution in [0.2, 0.25) is 0 Å². The van der Waals surface area contributed by atoms with E-state index >= 15 is 0 Å². The van der Waals surface area contributed by atoms with Crippen LogP contribution < -0.4 is 5.09 Å². The van der Waals surface area contributed by atoms with Gasteiger partial charge in [-0.1, -0.05) is 22.5 Å². The standard InChI is InChI=1S/C7H17Cl2N2P/c1-6(2)11(7(3)4)5-10-12(8)9/h6-7,10H,5H2,1-4H3. The van der Waals surface area contributed by atoms with E-state index in [0.717, 1.165) is 6.67 Å². The van der Waals surface area contributed by atoms with Crippen LogP contribution in [-0.2, 0) is 0 Å². The molecule has 74 valence electrons. The van der Waals surface area contributed by atoms with Crippen LogP contribution in [0.5, 0.6) is 0 Å². The molecule has 0 aromatic heterocycles. The first-order chi connectivity index (χ1) is 5.45. The Kier molecular flexibility index (Phi) is 6.89. The van der Waals surface area contributed by atoms with Crippen LogP contribution in [0.3, 0.4) is 0 Å². The Balaban J connectivity index is 3.80. The molecule has 0 spiro atoms. The third-order valence-electron chi connectivity index (χ3n) is 1.70. The fraction of sp³-hybridized carbons (Fsp3) is 1.00. The van der Waals surface area contributed by atoms with Crippen molar-refractivity contribution >= 4 is 29.3 Å². The highest BCUT2D eigenvalue weighted by Gasteiger charge is 2.13. The zero-order chi connectivity index (χ0) is 9.72. The van der Waals surface area contributed by atoms with Crippen LogP contribution in [0.1, 0.15) is 27.7 Å². The van der Waals surface area contributed by atoms with Gasteiger partial charge in [-0.25, -0.2) is 0 Å². The lowest BCUT2D eigenvalue weighted by atomic mass is 10.2. The van der Waals surface area contributed by atoms with Crippen LogP contribution in [0.25, 0.3) is 0 Å². The zero-order valence-corrected chi connectivity index (χ0v) is 10.4. The van der Waals surface area contributed by atoms with E-state index < -0.39 is 6.78 Å². The molecule has 0 aromatic rings. The van der Waals surface area contributed by atoms with Crippen molar-refractivity contribution in [2.24, 2.45) is 0 Å². The largest absolute Gasteiger partial charge is 0.286 e. The molecule has 0 atom stereocenters. The molecule has 5 heteroatoms. The molecule has 0 aromatic carbocycles. The molecular formula is C7H17Cl2N2P. The molecule has 0 amide bonds. The molecule has 12 heavy (non-hydrogen) atoms. The summed E-state index contributed by atoms with van der Waals surface area (Å²) in [6, 6.07) is 1.03. The van der Waals surface area contributed by atoms with Gasteiger partial charge in [0.2, 0.25) is 0 Å². The average Bonchev–Trinajstić information content (AvgIpc) is 1.84. The molecule has 0 aliphatic carbocycles. The maximum atomic E-state index is 5.62. The fourth-order valence-corrected chi connectivity index (χ4v) is 1.69. The van der Waals surface area contributed by atoms with E-state index in [0.29, 0.717) is 12.1 Å². The third-order valence-corrected chi connectivity index (χ3v) is 2.80. The topological polar surface area (TPSA) is 15.3 Å². The Morgan fingerprint density at radius 1 is 1.17 bits per heavy atom. The van der Waals surface area contributed by atoms with Gasteiger partial charge < -0.3 is 0 Å². The molecule has 0 rings (SSSR count). The van der Waals surface area contributed by atoms with Gasteiger partial charge in [-0.15, -0.1) is 0 Å². The third kappa shape index (κ3) is 5.55. The highest BCUT2D eigenvalue weighted by atomic mass is 35.9. The zero-order valence-electron chi connectivity index (χ0n) is 8.01. The molecule has 0 aliphatic heterocycles. The number of nitrogens with one attached hydrogen (secondary N) is 1. The lowest BCUT2D eigenvalue weighted by Crippen LogP contribution is -2.41. The van der Waals surface area contributed by atoms with Gasteiger partial charge in [0.15, 0.2) is 6.78 Å². The number of halogens is 2. The van der Waals surface area contributed by atoms with Gasteiger partial charge in [0.1, 0.15) is 0 Å². The second-order valence-corrected chi connectivity index (χ2v) is 6.58. The Hall–Kier alpha value is 0.930. The summed E-state index contributed by atoms with van der Waals surface area (Å²) in [4.78, 5) is 2.29. The van der Waals surface area contributed by atoms with Gasteiger partial charge in [0, 0.05) is 12.1 Å². The summed E-state index contributed by atoms with van der Waals surface area (Å²) in [5.74, 6) is 0. The van der Waals surface area contributed by atoms with Crippen LogP contribution >= 0.6 is 29.3 Å². The summed E-state index contributed by atoms with van der Waals surface area (Å²) >= 11 is 11.2. The van der Waals surface area contributed by atoms with Crippen LogP contribution in [0.15, 0.2) is 0 Å². The van der Waals surface area contributed by atoms with Gasteiger partial charge >= 0.3 is 0 Å². The van der Waals surface area contributed by atoms with E-state index in [-0.39, 0.29) is 0 Å². The monoisotopic (exact) mass is 230 g/mol. The molecule has 0 bridgehead atoms. The molecule has 1 N–H and O–H groups in total. The van der Waals surface area contributed by atoms with Crippen molar-refractivity contribution in [1.82, 2.24) is 9.99 Å². The van der Waals surface area contributed by atoms with Gasteiger partial charge in [0.25, 0.3) is 0 Å². The smallest absolute Gasteiger partial charge is 0.158 e. The van der Waals surface area contributed by atoms with Gasteiger partial charge in [-0.3, -0.25) is 9.99 Å². The SMILES string of the molecule is CC(C)N(CNP(Cl)Cl)C(C)C. The minimum absolute atomic E-state index is 0.515. The molecule has 0 aliphatic rings. The van der Waals surface area contributed by atoms with E-state index in [4.69, 9.17) is 22.5 Å². The predicted octanol–water partition coefficient (Wildman–Crippen LogP) is 3.36. The molecular weight excluding hydrogens is 214 g/mol. The molecule has 0 radical (unpaired) electrons. The highest BCUT2D eigenvalue weighted by molar-refractivity contribution is 8.02. The highest BCUT2D eigenvalue weighted by Crippen LogP contribution is 2.41. The van der Waals surface area contributed by atoms with Crippen molar-refractivity contribution in [3.8, 4) is 0 Å². The number of hydrogen-bond acceptors (Lipinski definition) is 2. The van der Waals surface area contributed by atoms with Crippen molar-refractivity contribution in [3.63, 3.8) is 0 Å². The van der Waals surface area contributed by atoms with Crippen molar-refractivity contribution in [3.05, 3.63) is 0 Å². The summed E-state index contributed by atoms with van der Waals surface area (Å²) in [6.45, 7) is 8.36. The molecule has 0 saturated heterocycles. The summed E-state index contributed by atoms with van der Waals surface area (Å²) in [5, 5.41) is 3.03. The first-order valence-electron chi connectivity index (χ1n) is 4.06. The van der Waals surface area contributed by atoms with Gasteiger partial charge in [-0.05, 0) is 27.7 Å². The van der Waals surface area contributed by atoms with E-state index in [1.165, 1.54) is 0 Å². The van der Waals surface area contributed by atoms with E-state index in [1.54, 1.807) is 0 Å². The summed E-state index contributed by atoms with van der Waals surface area (Å²) < 4.78 is 0. The number of hydrogen-bond donors (Lipinski definition) is 1. The lowest BCUT2D eigenvalue weighted by molar-refractivity contribution is 0.174. The van der Waals surface area contributed by atoms with Crippen LogP contribution in [0.4, 0.5) is 0 Å². The van der Waals surface area contributed by atoms with Crippen molar-refractivity contribution < 1.29 is 0 Å². The molecule has 0 saturated carbocycles. The molecule has 0 unspecified atom stereocenters. The lowest BCUT2D eigenvalue weighted by Gasteiger charge is -2.30. The minimum atomic E-state index is -1.03. The maximum Gasteiger partial charge on any atom is 0.158 e. The number of nitrogens with zero attached hydrogens (tertiary/aromatic N) is 1. The summed E-state index contributed by atoms with van der Waals surface area (Å²) in [5.41, 5.74) is 0. The first kappa shape index (κ1) is 12.9. The van der Waals surface area contributed by atoms with E-state index in [2.05, 4.69) is 37.7 Å². The van der Waals surface area contributed by atoms with Crippen LogP contribution in [-0.4, -0.2) is 23.7 Å². The van der Waals surface area contributed by atoms with Gasteiger partial charge in [-0.2, -0.15) is 0 Å². The van der Waals surface area contributed by atoms with Crippen LogP contribution in [0, 0.1) is 0 Å². The van der Waals surface area contributed by atoms with Gasteiger partial charge in [0.05, 0.1) is 6.67 Å².